The molecule has 0 saturated carbocycles. The number of imidazole rings is 1. The van der Waals surface area contributed by atoms with Crippen LogP contribution in [0.5, 0.6) is 0 Å². The molecule has 56 valence electrons. The monoisotopic (exact) mass is 160 g/mol. The lowest BCUT2D eigenvalue weighted by atomic mass is 10.4. The first-order valence-corrected chi connectivity index (χ1v) is 3.39. The predicted octanol–water partition coefficient (Wildman–Crippen LogP) is 1.25. The van der Waals surface area contributed by atoms with E-state index in [1.807, 2.05) is 0 Å². The van der Waals surface area contributed by atoms with Crippen LogP contribution in [0.4, 0.5) is 0 Å². The highest BCUT2D eigenvalue weighted by Crippen LogP contribution is 2.03. The summed E-state index contributed by atoms with van der Waals surface area (Å²) in [7, 11) is 1.66. The maximum atomic E-state index is 5.58. The normalized spacial score (nSPS) is 10.2. The Labute approximate surface area is 64.4 Å². The minimum atomic E-state index is 0.575. The molecule has 0 amide bonds. The average Bonchev–Trinajstić information content (AvgIpc) is 2.31. The Kier molecular flexibility index (Phi) is 2.71. The van der Waals surface area contributed by atoms with E-state index in [2.05, 4.69) is 9.97 Å². The van der Waals surface area contributed by atoms with E-state index in [1.165, 1.54) is 0 Å². The van der Waals surface area contributed by atoms with Gasteiger partial charge in [-0.15, -0.1) is 0 Å². The fourth-order valence-electron chi connectivity index (χ4n) is 0.663. The molecule has 1 aromatic rings. The van der Waals surface area contributed by atoms with Gasteiger partial charge in [-0.3, -0.25) is 0 Å². The molecule has 1 rings (SSSR count). The van der Waals surface area contributed by atoms with Gasteiger partial charge in [-0.25, -0.2) is 4.98 Å². The molecule has 0 aliphatic carbocycles. The second-order valence-electron chi connectivity index (χ2n) is 1.92. The number of nitrogens with one attached hydrogen (secondary N) is 1. The number of rotatable bonds is 3. The molecular weight excluding hydrogens is 152 g/mol. The molecule has 0 aliphatic heterocycles. The van der Waals surface area contributed by atoms with Crippen molar-refractivity contribution in [1.82, 2.24) is 9.97 Å². The minimum Gasteiger partial charge on any atom is -0.384 e. The van der Waals surface area contributed by atoms with Crippen LogP contribution in [0.25, 0.3) is 0 Å². The number of H-pyrrole nitrogens is 1. The minimum absolute atomic E-state index is 0.575. The molecule has 0 unspecified atom stereocenters. The van der Waals surface area contributed by atoms with E-state index in [9.17, 15) is 0 Å². The molecule has 0 atom stereocenters. The van der Waals surface area contributed by atoms with Crippen molar-refractivity contribution in [2.45, 2.75) is 6.42 Å². The van der Waals surface area contributed by atoms with Gasteiger partial charge in [0.2, 0.25) is 0 Å². The summed E-state index contributed by atoms with van der Waals surface area (Å²) in [5.74, 6) is 0.867. The lowest BCUT2D eigenvalue weighted by Crippen LogP contribution is -1.95. The number of ether oxygens (including phenoxy) is 1. The van der Waals surface area contributed by atoms with Crippen molar-refractivity contribution in [1.29, 1.82) is 0 Å². The summed E-state index contributed by atoms with van der Waals surface area (Å²) in [6.07, 6.45) is 2.37. The highest BCUT2D eigenvalue weighted by Gasteiger charge is 1.95. The standard InChI is InChI=1S/C6H9ClN2O/c1-10-3-2-6-8-4-5(7)9-6/h4H,2-3H2,1H3,(H,8,9). The molecule has 0 saturated heterocycles. The van der Waals surface area contributed by atoms with Gasteiger partial charge in [0.1, 0.15) is 11.0 Å². The fraction of sp³-hybridized carbons (Fsp3) is 0.500. The van der Waals surface area contributed by atoms with E-state index in [4.69, 9.17) is 16.3 Å². The number of aromatic amines is 1. The van der Waals surface area contributed by atoms with Crippen LogP contribution in [0.2, 0.25) is 5.15 Å². The zero-order chi connectivity index (χ0) is 7.40. The SMILES string of the molecule is COCCc1ncc(Cl)[nH]1. The molecule has 0 bridgehead atoms. The van der Waals surface area contributed by atoms with Crippen molar-refractivity contribution >= 4 is 11.6 Å². The first kappa shape index (κ1) is 7.57. The summed E-state index contributed by atoms with van der Waals surface area (Å²) in [5, 5.41) is 0.575. The summed E-state index contributed by atoms with van der Waals surface area (Å²) in [4.78, 5) is 6.87. The molecular formula is C6H9ClN2O. The Balaban J connectivity index is 2.42. The van der Waals surface area contributed by atoms with E-state index < -0.39 is 0 Å². The third-order valence-corrected chi connectivity index (χ3v) is 1.33. The number of nitrogens with zero attached hydrogens (tertiary/aromatic N) is 1. The predicted molar refractivity (Wildman–Crippen MR) is 39.2 cm³/mol. The van der Waals surface area contributed by atoms with Crippen molar-refractivity contribution in [3.63, 3.8) is 0 Å². The van der Waals surface area contributed by atoms with Gasteiger partial charge in [-0.2, -0.15) is 0 Å². The maximum absolute atomic E-state index is 5.58. The average molecular weight is 161 g/mol. The van der Waals surface area contributed by atoms with Crippen molar-refractivity contribution in [2.24, 2.45) is 0 Å². The van der Waals surface area contributed by atoms with Crippen molar-refractivity contribution < 1.29 is 4.74 Å². The molecule has 1 N–H and O–H groups in total. The first-order chi connectivity index (χ1) is 4.83. The number of hydrogen-bond donors (Lipinski definition) is 1. The van der Waals surface area contributed by atoms with E-state index in [1.54, 1.807) is 13.3 Å². The Hall–Kier alpha value is -0.540. The molecule has 4 heteroatoms. The molecule has 0 aliphatic rings. The number of aromatic nitrogens is 2. The zero-order valence-corrected chi connectivity index (χ0v) is 6.48. The van der Waals surface area contributed by atoms with Gasteiger partial charge in [0.25, 0.3) is 0 Å². The van der Waals surface area contributed by atoms with E-state index in [0.29, 0.717) is 11.8 Å². The smallest absolute Gasteiger partial charge is 0.126 e. The van der Waals surface area contributed by atoms with E-state index in [-0.39, 0.29) is 0 Å². The van der Waals surface area contributed by atoms with Gasteiger partial charge >= 0.3 is 0 Å². The lowest BCUT2D eigenvalue weighted by molar-refractivity contribution is 0.200. The summed E-state index contributed by atoms with van der Waals surface area (Å²) in [6, 6.07) is 0. The van der Waals surface area contributed by atoms with Crippen molar-refractivity contribution in [3.8, 4) is 0 Å². The molecule has 0 fully saturated rings. The fourth-order valence-corrected chi connectivity index (χ4v) is 0.821. The van der Waals surface area contributed by atoms with Crippen LogP contribution in [-0.4, -0.2) is 23.7 Å². The first-order valence-electron chi connectivity index (χ1n) is 3.01. The maximum Gasteiger partial charge on any atom is 0.126 e. The summed E-state index contributed by atoms with van der Waals surface area (Å²) in [6.45, 7) is 0.670. The summed E-state index contributed by atoms with van der Waals surface area (Å²) >= 11 is 5.58. The van der Waals surface area contributed by atoms with Gasteiger partial charge in [0, 0.05) is 13.5 Å². The van der Waals surface area contributed by atoms with Crippen LogP contribution in [0.15, 0.2) is 6.20 Å². The van der Waals surface area contributed by atoms with Crippen LogP contribution < -0.4 is 0 Å². The lowest BCUT2D eigenvalue weighted by Gasteiger charge is -1.92. The number of halogens is 1. The number of methoxy groups -OCH3 is 1. The third-order valence-electron chi connectivity index (χ3n) is 1.14. The second-order valence-corrected chi connectivity index (χ2v) is 2.33. The van der Waals surface area contributed by atoms with Gasteiger partial charge in [-0.05, 0) is 0 Å². The molecule has 1 heterocycles. The van der Waals surface area contributed by atoms with Crippen LogP contribution >= 0.6 is 11.6 Å². The van der Waals surface area contributed by atoms with Crippen molar-refractivity contribution in [3.05, 3.63) is 17.2 Å². The topological polar surface area (TPSA) is 37.9 Å². The van der Waals surface area contributed by atoms with Crippen molar-refractivity contribution in [2.75, 3.05) is 13.7 Å². The van der Waals surface area contributed by atoms with Gasteiger partial charge < -0.3 is 9.72 Å². The highest BCUT2D eigenvalue weighted by molar-refractivity contribution is 6.29. The van der Waals surface area contributed by atoms with Gasteiger partial charge in [0.05, 0.1) is 12.8 Å². The third kappa shape index (κ3) is 2.01. The largest absolute Gasteiger partial charge is 0.384 e. The quantitative estimate of drug-likeness (QED) is 0.723. The van der Waals surface area contributed by atoms with Crippen LogP contribution in [0, 0.1) is 0 Å². The molecule has 1 aromatic heterocycles. The summed E-state index contributed by atoms with van der Waals surface area (Å²) < 4.78 is 4.85. The molecule has 10 heavy (non-hydrogen) atoms. The number of hydrogen-bond acceptors (Lipinski definition) is 2. The Morgan fingerprint density at radius 1 is 1.80 bits per heavy atom. The van der Waals surface area contributed by atoms with Gasteiger partial charge in [0.15, 0.2) is 0 Å². The molecule has 0 spiro atoms. The highest BCUT2D eigenvalue weighted by atomic mass is 35.5. The van der Waals surface area contributed by atoms with Gasteiger partial charge in [-0.1, -0.05) is 11.6 Å². The molecule has 0 radical (unpaired) electrons. The Bertz CT molecular complexity index is 199. The summed E-state index contributed by atoms with van der Waals surface area (Å²) in [5.41, 5.74) is 0. The Morgan fingerprint density at radius 3 is 3.10 bits per heavy atom. The van der Waals surface area contributed by atoms with E-state index in [0.717, 1.165) is 12.2 Å². The van der Waals surface area contributed by atoms with Crippen LogP contribution in [0.1, 0.15) is 5.82 Å². The zero-order valence-electron chi connectivity index (χ0n) is 5.72. The second kappa shape index (κ2) is 3.58. The molecule has 3 nitrogen and oxygen atoms in total. The van der Waals surface area contributed by atoms with E-state index >= 15 is 0 Å². The Morgan fingerprint density at radius 2 is 2.60 bits per heavy atom. The van der Waals surface area contributed by atoms with Crippen LogP contribution in [0.3, 0.4) is 0 Å². The van der Waals surface area contributed by atoms with Crippen LogP contribution in [-0.2, 0) is 11.2 Å². The molecule has 0 aromatic carbocycles.